The van der Waals surface area contributed by atoms with Gasteiger partial charge in [-0.25, -0.2) is 4.98 Å². The van der Waals surface area contributed by atoms with Gasteiger partial charge in [-0.3, -0.25) is 9.89 Å². The van der Waals surface area contributed by atoms with Crippen molar-refractivity contribution in [2.24, 2.45) is 0 Å². The highest BCUT2D eigenvalue weighted by Crippen LogP contribution is 2.23. The molecule has 23 heavy (non-hydrogen) atoms. The Hall–Kier alpha value is -2.12. The van der Waals surface area contributed by atoms with Gasteiger partial charge in [0, 0.05) is 5.69 Å². The predicted molar refractivity (Wildman–Crippen MR) is 95.0 cm³/mol. The molecule has 0 bridgehead atoms. The molecule has 0 aliphatic rings. The van der Waals surface area contributed by atoms with Crippen molar-refractivity contribution in [3.8, 4) is 10.7 Å². The van der Waals surface area contributed by atoms with Crippen LogP contribution in [0.1, 0.15) is 11.1 Å². The fourth-order valence-corrected chi connectivity index (χ4v) is 3.47. The van der Waals surface area contributed by atoms with E-state index in [0.29, 0.717) is 5.16 Å². The van der Waals surface area contributed by atoms with Crippen molar-refractivity contribution in [1.82, 2.24) is 15.2 Å². The first kappa shape index (κ1) is 15.8. The van der Waals surface area contributed by atoms with E-state index < -0.39 is 0 Å². The van der Waals surface area contributed by atoms with Crippen LogP contribution in [0.5, 0.6) is 0 Å². The number of thioether (sulfide) groups is 1. The first-order valence-corrected chi connectivity index (χ1v) is 8.94. The molecule has 0 spiro atoms. The van der Waals surface area contributed by atoms with Gasteiger partial charge in [-0.05, 0) is 48.6 Å². The van der Waals surface area contributed by atoms with Crippen LogP contribution >= 0.6 is 23.1 Å². The van der Waals surface area contributed by atoms with Crippen LogP contribution < -0.4 is 5.32 Å². The molecule has 2 N–H and O–H groups in total. The summed E-state index contributed by atoms with van der Waals surface area (Å²) in [5.41, 5.74) is 3.08. The molecule has 118 valence electrons. The number of thiophene rings is 1. The molecule has 5 nitrogen and oxygen atoms in total. The van der Waals surface area contributed by atoms with Gasteiger partial charge in [-0.15, -0.1) is 16.4 Å². The Balaban J connectivity index is 1.57. The maximum absolute atomic E-state index is 12.0. The molecule has 3 rings (SSSR count). The van der Waals surface area contributed by atoms with Crippen molar-refractivity contribution in [3.63, 3.8) is 0 Å². The number of hydrogen-bond acceptors (Lipinski definition) is 5. The van der Waals surface area contributed by atoms with Crippen molar-refractivity contribution in [1.29, 1.82) is 0 Å². The zero-order chi connectivity index (χ0) is 16.2. The quantitative estimate of drug-likeness (QED) is 0.689. The Morgan fingerprint density at radius 3 is 2.78 bits per heavy atom. The summed E-state index contributed by atoms with van der Waals surface area (Å²) in [7, 11) is 0. The molecule has 3 aromatic rings. The number of aryl methyl sites for hydroxylation is 2. The summed E-state index contributed by atoms with van der Waals surface area (Å²) in [4.78, 5) is 17.5. The monoisotopic (exact) mass is 344 g/mol. The third kappa shape index (κ3) is 4.20. The van der Waals surface area contributed by atoms with Crippen molar-refractivity contribution >= 4 is 34.7 Å². The molecule has 0 unspecified atom stereocenters. The number of rotatable bonds is 5. The van der Waals surface area contributed by atoms with Crippen molar-refractivity contribution in [2.45, 2.75) is 19.0 Å². The summed E-state index contributed by atoms with van der Waals surface area (Å²) in [6, 6.07) is 9.93. The zero-order valence-corrected chi connectivity index (χ0v) is 14.4. The van der Waals surface area contributed by atoms with Crippen molar-refractivity contribution in [3.05, 3.63) is 46.8 Å². The molecule has 2 aromatic heterocycles. The van der Waals surface area contributed by atoms with Crippen molar-refractivity contribution < 1.29 is 4.79 Å². The smallest absolute Gasteiger partial charge is 0.234 e. The predicted octanol–water partition coefficient (Wildman–Crippen LogP) is 3.88. The second-order valence-electron chi connectivity index (χ2n) is 5.16. The maximum atomic E-state index is 12.0. The van der Waals surface area contributed by atoms with Crippen LogP contribution in [0, 0.1) is 13.8 Å². The fourth-order valence-electron chi connectivity index (χ4n) is 2.21. The summed E-state index contributed by atoms with van der Waals surface area (Å²) < 4.78 is 0. The highest BCUT2D eigenvalue weighted by molar-refractivity contribution is 7.99. The minimum atomic E-state index is -0.0672. The van der Waals surface area contributed by atoms with Gasteiger partial charge in [0.25, 0.3) is 0 Å². The lowest BCUT2D eigenvalue weighted by molar-refractivity contribution is -0.113. The van der Waals surface area contributed by atoms with Crippen LogP contribution in [0.4, 0.5) is 5.69 Å². The molecule has 0 radical (unpaired) electrons. The number of amides is 1. The second kappa shape index (κ2) is 6.97. The van der Waals surface area contributed by atoms with E-state index in [1.807, 2.05) is 43.5 Å². The van der Waals surface area contributed by atoms with Gasteiger partial charge in [-0.1, -0.05) is 23.9 Å². The van der Waals surface area contributed by atoms with E-state index in [1.54, 1.807) is 11.3 Å². The Bertz CT molecular complexity index is 791. The summed E-state index contributed by atoms with van der Waals surface area (Å²) in [5.74, 6) is 0.939. The van der Waals surface area contributed by atoms with Crippen LogP contribution in [0.15, 0.2) is 40.9 Å². The van der Waals surface area contributed by atoms with E-state index in [1.165, 1.54) is 11.8 Å². The highest BCUT2D eigenvalue weighted by Gasteiger charge is 2.10. The van der Waals surface area contributed by atoms with Gasteiger partial charge >= 0.3 is 0 Å². The number of carbonyl (C=O) groups excluding carboxylic acids is 1. The van der Waals surface area contributed by atoms with Gasteiger partial charge in [0.15, 0.2) is 5.82 Å². The number of benzene rings is 1. The molecular formula is C16H16N4OS2. The zero-order valence-electron chi connectivity index (χ0n) is 12.8. The lowest BCUT2D eigenvalue weighted by Crippen LogP contribution is -2.14. The van der Waals surface area contributed by atoms with Crippen LogP contribution in [0.2, 0.25) is 0 Å². The molecule has 1 aromatic carbocycles. The topological polar surface area (TPSA) is 70.7 Å². The number of nitrogens with one attached hydrogen (secondary N) is 2. The van der Waals surface area contributed by atoms with E-state index >= 15 is 0 Å². The fraction of sp³-hybridized carbons (Fsp3) is 0.188. The molecule has 7 heteroatoms. The van der Waals surface area contributed by atoms with E-state index in [-0.39, 0.29) is 11.7 Å². The van der Waals surface area contributed by atoms with E-state index in [4.69, 9.17) is 0 Å². The van der Waals surface area contributed by atoms with E-state index in [0.717, 1.165) is 27.5 Å². The number of hydrogen-bond donors (Lipinski definition) is 2. The molecule has 0 atom stereocenters. The SMILES string of the molecule is Cc1cc(C)cc(NC(=O)CSc2n[nH]c(-c3cccs3)n2)c1. The van der Waals surface area contributed by atoms with Crippen LogP contribution in [-0.2, 0) is 4.79 Å². The van der Waals surface area contributed by atoms with Crippen molar-refractivity contribution in [2.75, 3.05) is 11.1 Å². The lowest BCUT2D eigenvalue weighted by Gasteiger charge is -2.06. The van der Waals surface area contributed by atoms with E-state index in [2.05, 4.69) is 26.6 Å². The Morgan fingerprint density at radius 2 is 2.09 bits per heavy atom. The second-order valence-corrected chi connectivity index (χ2v) is 7.05. The normalized spacial score (nSPS) is 10.7. The molecule has 2 heterocycles. The van der Waals surface area contributed by atoms with Crippen LogP contribution in [0.25, 0.3) is 10.7 Å². The molecule has 0 saturated carbocycles. The molecule has 0 fully saturated rings. The first-order valence-electron chi connectivity index (χ1n) is 7.07. The Labute approximate surface area is 142 Å². The molecule has 0 aliphatic heterocycles. The molecular weight excluding hydrogens is 328 g/mol. The molecule has 0 aliphatic carbocycles. The minimum Gasteiger partial charge on any atom is -0.325 e. The highest BCUT2D eigenvalue weighted by atomic mass is 32.2. The number of H-pyrrole nitrogens is 1. The lowest BCUT2D eigenvalue weighted by atomic mass is 10.1. The number of nitrogens with zero attached hydrogens (tertiary/aromatic N) is 2. The van der Waals surface area contributed by atoms with Gasteiger partial charge in [-0.2, -0.15) is 0 Å². The largest absolute Gasteiger partial charge is 0.325 e. The summed E-state index contributed by atoms with van der Waals surface area (Å²) in [5, 5.41) is 12.5. The molecule has 1 amide bonds. The molecule has 0 saturated heterocycles. The van der Waals surface area contributed by atoms with Gasteiger partial charge in [0.05, 0.1) is 10.6 Å². The van der Waals surface area contributed by atoms with Gasteiger partial charge in [0.1, 0.15) is 0 Å². The first-order chi connectivity index (χ1) is 11.1. The Morgan fingerprint density at radius 1 is 1.30 bits per heavy atom. The summed E-state index contributed by atoms with van der Waals surface area (Å²) in [6.07, 6.45) is 0. The third-order valence-corrected chi connectivity index (χ3v) is 4.78. The average Bonchev–Trinajstić information content (AvgIpc) is 3.15. The summed E-state index contributed by atoms with van der Waals surface area (Å²) >= 11 is 2.91. The minimum absolute atomic E-state index is 0.0672. The number of aromatic nitrogens is 3. The summed E-state index contributed by atoms with van der Waals surface area (Å²) in [6.45, 7) is 4.02. The van der Waals surface area contributed by atoms with Crippen LogP contribution in [0.3, 0.4) is 0 Å². The number of anilines is 1. The standard InChI is InChI=1S/C16H16N4OS2/c1-10-6-11(2)8-12(7-10)17-14(21)9-23-16-18-15(19-20-16)13-4-3-5-22-13/h3-8H,9H2,1-2H3,(H,17,21)(H,18,19,20). The maximum Gasteiger partial charge on any atom is 0.234 e. The number of carbonyl (C=O) groups is 1. The van der Waals surface area contributed by atoms with Gasteiger partial charge < -0.3 is 5.32 Å². The van der Waals surface area contributed by atoms with Gasteiger partial charge in [0.2, 0.25) is 11.1 Å². The van der Waals surface area contributed by atoms with E-state index in [9.17, 15) is 4.79 Å². The Kier molecular flexibility index (Phi) is 4.78. The average molecular weight is 344 g/mol. The third-order valence-electron chi connectivity index (χ3n) is 3.06. The number of aromatic amines is 1. The van der Waals surface area contributed by atoms with Crippen LogP contribution in [-0.4, -0.2) is 26.8 Å².